The van der Waals surface area contributed by atoms with E-state index in [-0.39, 0.29) is 5.92 Å². The summed E-state index contributed by atoms with van der Waals surface area (Å²) in [6.07, 6.45) is 7.36. The molecule has 5 aromatic rings. The van der Waals surface area contributed by atoms with Crippen molar-refractivity contribution in [3.05, 3.63) is 77.7 Å². The second kappa shape index (κ2) is 7.60. The Balaban J connectivity index is 1.64. The second-order valence-electron chi connectivity index (χ2n) is 8.15. The Hall–Kier alpha value is -4.00. The number of nitrogen functional groups attached to an aromatic ring is 1. The lowest BCUT2D eigenvalue weighted by atomic mass is 9.89. The summed E-state index contributed by atoms with van der Waals surface area (Å²) in [5, 5.41) is 5.33. The van der Waals surface area contributed by atoms with E-state index in [0.717, 1.165) is 50.2 Å². The Morgan fingerprint density at radius 1 is 1.06 bits per heavy atom. The van der Waals surface area contributed by atoms with Gasteiger partial charge >= 0.3 is 0 Å². The lowest BCUT2D eigenvalue weighted by Gasteiger charge is -2.19. The van der Waals surface area contributed by atoms with Gasteiger partial charge in [0.2, 0.25) is 0 Å². The third-order valence-corrected chi connectivity index (χ3v) is 5.85. The number of nitrogens with zero attached hydrogens (tertiary/aromatic N) is 5. The van der Waals surface area contributed by atoms with Crippen LogP contribution >= 0.6 is 0 Å². The molecule has 0 aliphatic carbocycles. The molecular weight excluding hydrogens is 400 g/mol. The van der Waals surface area contributed by atoms with Crippen LogP contribution in [0, 0.1) is 13.8 Å². The first-order valence-corrected chi connectivity index (χ1v) is 10.5. The summed E-state index contributed by atoms with van der Waals surface area (Å²) in [5.74, 6) is 1.09. The fourth-order valence-electron chi connectivity index (χ4n) is 4.15. The van der Waals surface area contributed by atoms with E-state index in [9.17, 15) is 0 Å². The topological polar surface area (TPSA) is 95.7 Å². The van der Waals surface area contributed by atoms with E-state index in [1.165, 1.54) is 0 Å². The maximum atomic E-state index is 6.47. The molecule has 0 aliphatic heterocycles. The summed E-state index contributed by atoms with van der Waals surface area (Å²) in [6.45, 7) is 6.02. The van der Waals surface area contributed by atoms with Gasteiger partial charge in [0.15, 0.2) is 0 Å². The molecule has 0 amide bonds. The standard InChI is InChI=1S/C25H24N6O/c1-14-13-32-22-6-5-18(9-20(14)22)24-23(25(26)30-16(3)29-24)15(2)17-7-8-27-21(10-17)19-11-28-31(4)12-19/h5-13,15H,1-4H3,(H2,26,29,30)/t15-/m1/s1. The van der Waals surface area contributed by atoms with Crippen molar-refractivity contribution >= 4 is 16.8 Å². The fraction of sp³-hybridized carbons (Fsp3) is 0.200. The Bertz CT molecular complexity index is 1450. The van der Waals surface area contributed by atoms with Gasteiger partial charge in [0.05, 0.1) is 23.8 Å². The van der Waals surface area contributed by atoms with E-state index in [4.69, 9.17) is 15.1 Å². The minimum Gasteiger partial charge on any atom is -0.464 e. The number of rotatable bonds is 4. The monoisotopic (exact) mass is 424 g/mol. The molecule has 0 bridgehead atoms. The largest absolute Gasteiger partial charge is 0.464 e. The lowest BCUT2D eigenvalue weighted by molar-refractivity contribution is 0.613. The van der Waals surface area contributed by atoms with E-state index in [2.05, 4.69) is 34.1 Å². The molecule has 0 saturated heterocycles. The van der Waals surface area contributed by atoms with Crippen LogP contribution in [-0.2, 0) is 7.05 Å². The average molecular weight is 425 g/mol. The molecule has 0 saturated carbocycles. The van der Waals surface area contributed by atoms with E-state index in [0.29, 0.717) is 11.6 Å². The van der Waals surface area contributed by atoms with Gasteiger partial charge in [-0.2, -0.15) is 5.10 Å². The molecule has 0 spiro atoms. The smallest absolute Gasteiger partial charge is 0.134 e. The zero-order chi connectivity index (χ0) is 22.4. The molecule has 0 aliphatic rings. The minimum atomic E-state index is -0.0369. The van der Waals surface area contributed by atoms with Crippen molar-refractivity contribution < 1.29 is 4.42 Å². The van der Waals surface area contributed by atoms with E-state index in [1.54, 1.807) is 10.9 Å². The SMILES string of the molecule is Cc1nc(N)c([C@H](C)c2ccnc(-c3cnn(C)c3)c2)c(-c2ccc3occ(C)c3c2)n1. The van der Waals surface area contributed by atoms with Gasteiger partial charge in [0.25, 0.3) is 0 Å². The molecule has 0 unspecified atom stereocenters. The Kier molecular flexibility index (Phi) is 4.74. The predicted molar refractivity (Wildman–Crippen MR) is 125 cm³/mol. The molecule has 2 N–H and O–H groups in total. The number of pyridine rings is 1. The van der Waals surface area contributed by atoms with E-state index >= 15 is 0 Å². The van der Waals surface area contributed by atoms with Crippen molar-refractivity contribution in [3.8, 4) is 22.5 Å². The number of aromatic nitrogens is 5. The zero-order valence-corrected chi connectivity index (χ0v) is 18.5. The van der Waals surface area contributed by atoms with Crippen LogP contribution in [0.15, 0.2) is 59.6 Å². The van der Waals surface area contributed by atoms with Crippen molar-refractivity contribution in [2.45, 2.75) is 26.7 Å². The van der Waals surface area contributed by atoms with Crippen LogP contribution in [0.5, 0.6) is 0 Å². The maximum absolute atomic E-state index is 6.47. The number of hydrogen-bond acceptors (Lipinski definition) is 6. The highest BCUT2D eigenvalue weighted by atomic mass is 16.3. The molecule has 32 heavy (non-hydrogen) atoms. The molecule has 7 nitrogen and oxygen atoms in total. The first-order valence-electron chi connectivity index (χ1n) is 10.5. The van der Waals surface area contributed by atoms with Gasteiger partial charge in [-0.15, -0.1) is 0 Å². The van der Waals surface area contributed by atoms with Crippen LogP contribution in [0.3, 0.4) is 0 Å². The van der Waals surface area contributed by atoms with Crippen molar-refractivity contribution in [1.29, 1.82) is 0 Å². The first-order chi connectivity index (χ1) is 15.4. The maximum Gasteiger partial charge on any atom is 0.134 e. The molecule has 0 fully saturated rings. The summed E-state index contributed by atoms with van der Waals surface area (Å²) in [4.78, 5) is 13.8. The number of hydrogen-bond donors (Lipinski definition) is 1. The molecule has 0 radical (unpaired) electrons. The molecule has 5 rings (SSSR count). The molecule has 4 heterocycles. The summed E-state index contributed by atoms with van der Waals surface area (Å²) in [6, 6.07) is 10.2. The highest BCUT2D eigenvalue weighted by Crippen LogP contribution is 2.37. The number of furan rings is 1. The predicted octanol–water partition coefficient (Wildman–Crippen LogP) is 5.04. The molecule has 4 aromatic heterocycles. The molecule has 160 valence electrons. The summed E-state index contributed by atoms with van der Waals surface area (Å²) < 4.78 is 7.39. The molecule has 7 heteroatoms. The number of aryl methyl sites for hydroxylation is 3. The third kappa shape index (κ3) is 3.41. The lowest BCUT2D eigenvalue weighted by Crippen LogP contribution is -2.09. The van der Waals surface area contributed by atoms with Crippen LogP contribution in [0.2, 0.25) is 0 Å². The van der Waals surface area contributed by atoms with Gasteiger partial charge in [0.1, 0.15) is 17.2 Å². The van der Waals surface area contributed by atoms with Gasteiger partial charge < -0.3 is 10.2 Å². The highest BCUT2D eigenvalue weighted by molar-refractivity contribution is 5.86. The number of anilines is 1. The van der Waals surface area contributed by atoms with Gasteiger partial charge in [-0.1, -0.05) is 6.92 Å². The van der Waals surface area contributed by atoms with Crippen LogP contribution in [0.25, 0.3) is 33.5 Å². The van der Waals surface area contributed by atoms with Crippen LogP contribution in [0.4, 0.5) is 5.82 Å². The Labute approximate surface area is 186 Å². The summed E-state index contributed by atoms with van der Waals surface area (Å²) >= 11 is 0. The Morgan fingerprint density at radius 2 is 1.91 bits per heavy atom. The van der Waals surface area contributed by atoms with Crippen LogP contribution in [-0.4, -0.2) is 24.7 Å². The summed E-state index contributed by atoms with van der Waals surface area (Å²) in [5.41, 5.74) is 14.1. The third-order valence-electron chi connectivity index (χ3n) is 5.85. The zero-order valence-electron chi connectivity index (χ0n) is 18.5. The second-order valence-corrected chi connectivity index (χ2v) is 8.15. The number of fused-ring (bicyclic) bond motifs is 1. The quantitative estimate of drug-likeness (QED) is 0.434. The van der Waals surface area contributed by atoms with Crippen LogP contribution < -0.4 is 5.73 Å². The highest BCUT2D eigenvalue weighted by Gasteiger charge is 2.21. The van der Waals surface area contributed by atoms with Gasteiger partial charge in [-0.25, -0.2) is 9.97 Å². The van der Waals surface area contributed by atoms with Gasteiger partial charge in [-0.05, 0) is 55.3 Å². The molecular formula is C25H24N6O. The Morgan fingerprint density at radius 3 is 2.69 bits per heavy atom. The van der Waals surface area contributed by atoms with Crippen molar-refractivity contribution in [1.82, 2.24) is 24.7 Å². The van der Waals surface area contributed by atoms with Gasteiger partial charge in [-0.3, -0.25) is 9.67 Å². The summed E-state index contributed by atoms with van der Waals surface area (Å²) in [7, 11) is 1.89. The van der Waals surface area contributed by atoms with Crippen molar-refractivity contribution in [2.75, 3.05) is 5.73 Å². The molecule has 1 aromatic carbocycles. The van der Waals surface area contributed by atoms with Crippen molar-refractivity contribution in [2.24, 2.45) is 7.05 Å². The first kappa shape index (κ1) is 19.9. The van der Waals surface area contributed by atoms with E-state index in [1.807, 2.05) is 57.7 Å². The normalized spacial score (nSPS) is 12.4. The van der Waals surface area contributed by atoms with E-state index < -0.39 is 0 Å². The average Bonchev–Trinajstić information content (AvgIpc) is 3.38. The van der Waals surface area contributed by atoms with Crippen LogP contribution in [0.1, 0.15) is 35.4 Å². The minimum absolute atomic E-state index is 0.0369. The fourth-order valence-corrected chi connectivity index (χ4v) is 4.15. The molecule has 1 atom stereocenters. The van der Waals surface area contributed by atoms with Gasteiger partial charge in [0, 0.05) is 47.4 Å². The van der Waals surface area contributed by atoms with Crippen molar-refractivity contribution in [3.63, 3.8) is 0 Å². The number of nitrogens with two attached hydrogens (primary N) is 1. The number of benzene rings is 1.